The van der Waals surface area contributed by atoms with Crippen molar-refractivity contribution in [1.82, 2.24) is 0 Å². The van der Waals surface area contributed by atoms with Gasteiger partial charge in [0.1, 0.15) is 11.6 Å². The minimum atomic E-state index is -0.490. The third-order valence-electron chi connectivity index (χ3n) is 2.30. The van der Waals surface area contributed by atoms with Crippen molar-refractivity contribution in [2.45, 2.75) is 6.92 Å². The molecule has 0 atom stereocenters. The molecule has 1 aromatic carbocycles. The SMILES string of the molecule is CC(=O)Nc1ccc(F)c(-c2ccc(C=O)o2)c1. The van der Waals surface area contributed by atoms with Crippen LogP contribution in [-0.4, -0.2) is 12.2 Å². The zero-order chi connectivity index (χ0) is 13.1. The van der Waals surface area contributed by atoms with E-state index in [0.717, 1.165) is 0 Å². The summed E-state index contributed by atoms with van der Waals surface area (Å²) in [6.45, 7) is 1.36. The van der Waals surface area contributed by atoms with Crippen molar-refractivity contribution < 1.29 is 18.4 Å². The summed E-state index contributed by atoms with van der Waals surface area (Å²) in [5, 5.41) is 2.55. The van der Waals surface area contributed by atoms with Crippen LogP contribution in [0.15, 0.2) is 34.7 Å². The van der Waals surface area contributed by atoms with Crippen molar-refractivity contribution in [3.63, 3.8) is 0 Å². The van der Waals surface area contributed by atoms with Crippen LogP contribution in [0.25, 0.3) is 11.3 Å². The quantitative estimate of drug-likeness (QED) is 0.848. The molecule has 2 rings (SSSR count). The second-order valence-corrected chi connectivity index (χ2v) is 3.70. The number of furan rings is 1. The molecular formula is C13H10FNO3. The minimum Gasteiger partial charge on any atom is -0.453 e. The Morgan fingerprint density at radius 1 is 1.33 bits per heavy atom. The predicted molar refractivity (Wildman–Crippen MR) is 63.8 cm³/mol. The number of hydrogen-bond acceptors (Lipinski definition) is 3. The van der Waals surface area contributed by atoms with E-state index in [4.69, 9.17) is 4.42 Å². The molecular weight excluding hydrogens is 237 g/mol. The van der Waals surface area contributed by atoms with E-state index >= 15 is 0 Å². The van der Waals surface area contributed by atoms with Crippen molar-refractivity contribution in [2.24, 2.45) is 0 Å². The molecule has 0 aliphatic rings. The first-order valence-electron chi connectivity index (χ1n) is 5.22. The summed E-state index contributed by atoms with van der Waals surface area (Å²) in [6.07, 6.45) is 0.541. The Labute approximate surface area is 102 Å². The van der Waals surface area contributed by atoms with Gasteiger partial charge in [-0.3, -0.25) is 9.59 Å². The monoisotopic (exact) mass is 247 g/mol. The van der Waals surface area contributed by atoms with Crippen LogP contribution in [-0.2, 0) is 4.79 Å². The molecule has 92 valence electrons. The summed E-state index contributed by atoms with van der Waals surface area (Å²) in [4.78, 5) is 21.4. The van der Waals surface area contributed by atoms with E-state index in [1.165, 1.54) is 37.3 Å². The fraction of sp³-hybridized carbons (Fsp3) is 0.0769. The Morgan fingerprint density at radius 3 is 2.72 bits per heavy atom. The predicted octanol–water partition coefficient (Wildman–Crippen LogP) is 2.86. The number of halogens is 1. The summed E-state index contributed by atoms with van der Waals surface area (Å²) in [5.74, 6) is -0.382. The van der Waals surface area contributed by atoms with Crippen molar-refractivity contribution in [1.29, 1.82) is 0 Å². The molecule has 1 amide bonds. The van der Waals surface area contributed by atoms with Gasteiger partial charge >= 0.3 is 0 Å². The summed E-state index contributed by atoms with van der Waals surface area (Å²) in [7, 11) is 0. The van der Waals surface area contributed by atoms with Gasteiger partial charge in [-0.15, -0.1) is 0 Å². The number of aldehydes is 1. The standard InChI is InChI=1S/C13H10FNO3/c1-8(17)15-9-2-4-12(14)11(6-9)13-5-3-10(7-16)18-13/h2-7H,1H3,(H,15,17). The number of carbonyl (C=O) groups is 2. The van der Waals surface area contributed by atoms with E-state index in [1.807, 2.05) is 0 Å². The molecule has 1 N–H and O–H groups in total. The van der Waals surface area contributed by atoms with Gasteiger partial charge in [0.05, 0.1) is 5.56 Å². The number of carbonyl (C=O) groups excluding carboxylic acids is 2. The average molecular weight is 247 g/mol. The van der Waals surface area contributed by atoms with Gasteiger partial charge in [-0.05, 0) is 30.3 Å². The maximum Gasteiger partial charge on any atom is 0.221 e. The number of nitrogens with one attached hydrogen (secondary N) is 1. The van der Waals surface area contributed by atoms with E-state index < -0.39 is 5.82 Å². The lowest BCUT2D eigenvalue weighted by Gasteiger charge is -2.05. The van der Waals surface area contributed by atoms with Gasteiger partial charge in [0.2, 0.25) is 5.91 Å². The molecule has 4 nitrogen and oxygen atoms in total. The largest absolute Gasteiger partial charge is 0.453 e. The van der Waals surface area contributed by atoms with E-state index in [2.05, 4.69) is 5.32 Å². The molecule has 0 bridgehead atoms. The highest BCUT2D eigenvalue weighted by Crippen LogP contribution is 2.27. The first-order valence-corrected chi connectivity index (χ1v) is 5.22. The average Bonchev–Trinajstić information content (AvgIpc) is 2.79. The lowest BCUT2D eigenvalue weighted by Crippen LogP contribution is -2.05. The first-order chi connectivity index (χ1) is 8.60. The normalized spacial score (nSPS) is 10.1. The molecule has 5 heteroatoms. The van der Waals surface area contributed by atoms with Crippen LogP contribution >= 0.6 is 0 Å². The Kier molecular flexibility index (Phi) is 3.23. The van der Waals surface area contributed by atoms with Crippen molar-refractivity contribution >= 4 is 17.9 Å². The number of benzene rings is 1. The molecule has 0 radical (unpaired) electrons. The van der Waals surface area contributed by atoms with E-state index in [0.29, 0.717) is 12.0 Å². The van der Waals surface area contributed by atoms with Gasteiger partial charge in [0.25, 0.3) is 0 Å². The van der Waals surface area contributed by atoms with Gasteiger partial charge in [-0.1, -0.05) is 0 Å². The fourth-order valence-corrected chi connectivity index (χ4v) is 1.56. The molecule has 0 saturated carbocycles. The first kappa shape index (κ1) is 12.0. The third-order valence-corrected chi connectivity index (χ3v) is 2.30. The van der Waals surface area contributed by atoms with Crippen molar-refractivity contribution in [3.05, 3.63) is 41.9 Å². The summed E-state index contributed by atoms with van der Waals surface area (Å²) >= 11 is 0. The molecule has 0 aliphatic heterocycles. The lowest BCUT2D eigenvalue weighted by molar-refractivity contribution is -0.114. The Hall–Kier alpha value is -2.43. The lowest BCUT2D eigenvalue weighted by atomic mass is 10.1. The maximum absolute atomic E-state index is 13.6. The van der Waals surface area contributed by atoms with Crippen LogP contribution in [0.5, 0.6) is 0 Å². The van der Waals surface area contributed by atoms with E-state index in [-0.39, 0.29) is 23.0 Å². The van der Waals surface area contributed by atoms with Gasteiger partial charge < -0.3 is 9.73 Å². The van der Waals surface area contributed by atoms with Crippen molar-refractivity contribution in [3.8, 4) is 11.3 Å². The Bertz CT molecular complexity index is 604. The van der Waals surface area contributed by atoms with Crippen LogP contribution in [0.1, 0.15) is 17.5 Å². The van der Waals surface area contributed by atoms with E-state index in [1.54, 1.807) is 0 Å². The highest BCUT2D eigenvalue weighted by Gasteiger charge is 2.11. The number of anilines is 1. The molecule has 0 unspecified atom stereocenters. The van der Waals surface area contributed by atoms with Crippen LogP contribution in [0.4, 0.5) is 10.1 Å². The summed E-state index contributed by atoms with van der Waals surface area (Å²) in [5.41, 5.74) is 0.650. The highest BCUT2D eigenvalue weighted by atomic mass is 19.1. The smallest absolute Gasteiger partial charge is 0.221 e. The summed E-state index contributed by atoms with van der Waals surface area (Å²) < 4.78 is 18.8. The molecule has 1 heterocycles. The fourth-order valence-electron chi connectivity index (χ4n) is 1.56. The second kappa shape index (κ2) is 4.83. The topological polar surface area (TPSA) is 59.3 Å². The molecule has 0 saturated heterocycles. The molecule has 0 fully saturated rings. The van der Waals surface area contributed by atoms with Gasteiger partial charge in [0.15, 0.2) is 12.0 Å². The number of hydrogen-bond donors (Lipinski definition) is 1. The number of amides is 1. The van der Waals surface area contributed by atoms with Crippen LogP contribution in [0, 0.1) is 5.82 Å². The summed E-state index contributed by atoms with van der Waals surface area (Å²) in [6, 6.07) is 7.07. The second-order valence-electron chi connectivity index (χ2n) is 3.70. The Balaban J connectivity index is 2.42. The van der Waals surface area contributed by atoms with Crippen LogP contribution < -0.4 is 5.32 Å². The van der Waals surface area contributed by atoms with Crippen LogP contribution in [0.3, 0.4) is 0 Å². The van der Waals surface area contributed by atoms with Gasteiger partial charge in [-0.2, -0.15) is 0 Å². The minimum absolute atomic E-state index is 0.120. The van der Waals surface area contributed by atoms with Gasteiger partial charge in [0, 0.05) is 12.6 Å². The van der Waals surface area contributed by atoms with Crippen molar-refractivity contribution in [2.75, 3.05) is 5.32 Å². The molecule has 18 heavy (non-hydrogen) atoms. The highest BCUT2D eigenvalue weighted by molar-refractivity contribution is 5.89. The maximum atomic E-state index is 13.6. The molecule has 0 spiro atoms. The van der Waals surface area contributed by atoms with Gasteiger partial charge in [-0.25, -0.2) is 4.39 Å². The zero-order valence-electron chi connectivity index (χ0n) is 9.57. The zero-order valence-corrected chi connectivity index (χ0v) is 9.57. The molecule has 0 aliphatic carbocycles. The third kappa shape index (κ3) is 2.45. The molecule has 1 aromatic heterocycles. The van der Waals surface area contributed by atoms with Crippen LogP contribution in [0.2, 0.25) is 0 Å². The Morgan fingerprint density at radius 2 is 2.11 bits per heavy atom. The van der Waals surface area contributed by atoms with E-state index in [9.17, 15) is 14.0 Å². The molecule has 2 aromatic rings. The number of rotatable bonds is 3.